The summed E-state index contributed by atoms with van der Waals surface area (Å²) in [6.45, 7) is 0. The molecule has 0 radical (unpaired) electrons. The van der Waals surface area contributed by atoms with E-state index in [4.69, 9.17) is 9.05 Å². The minimum Gasteiger partial charge on any atom is -0.410 e. The van der Waals surface area contributed by atoms with Crippen molar-refractivity contribution in [2.24, 2.45) is 0 Å². The van der Waals surface area contributed by atoms with Crippen LogP contribution in [0.3, 0.4) is 0 Å². The summed E-state index contributed by atoms with van der Waals surface area (Å²) in [5.74, 6) is -0.389. The van der Waals surface area contributed by atoms with E-state index in [0.717, 1.165) is 0 Å². The van der Waals surface area contributed by atoms with Gasteiger partial charge in [0.2, 0.25) is 11.5 Å². The van der Waals surface area contributed by atoms with E-state index in [1.54, 1.807) is 0 Å². The smallest absolute Gasteiger partial charge is 0.410 e. The molecule has 0 aliphatic heterocycles. The lowest BCUT2D eigenvalue weighted by atomic mass is 10.3. The molecule has 2 aromatic carbocycles. The minimum absolute atomic E-state index is 0.195. The van der Waals surface area contributed by atoms with Gasteiger partial charge in [0.1, 0.15) is 0 Å². The lowest BCUT2D eigenvalue weighted by Crippen LogP contribution is -1.99. The zero-order valence-electron chi connectivity index (χ0n) is 10.9. The van der Waals surface area contributed by atoms with Crippen LogP contribution in [0.15, 0.2) is 48.5 Å². The molecular formula is C12H9N2O7P. The van der Waals surface area contributed by atoms with Crippen LogP contribution in [-0.4, -0.2) is 14.7 Å². The highest BCUT2D eigenvalue weighted by molar-refractivity contribution is 7.41. The number of hydrogen-bond donors (Lipinski definition) is 1. The highest BCUT2D eigenvalue weighted by Gasteiger charge is 2.23. The maximum atomic E-state index is 10.8. The highest BCUT2D eigenvalue weighted by Crippen LogP contribution is 2.42. The van der Waals surface area contributed by atoms with E-state index < -0.39 is 18.4 Å². The summed E-state index contributed by atoms with van der Waals surface area (Å²) >= 11 is 0. The summed E-state index contributed by atoms with van der Waals surface area (Å²) in [5.41, 5.74) is -0.703. The third-order valence-corrected chi connectivity index (χ3v) is 3.18. The number of benzene rings is 2. The van der Waals surface area contributed by atoms with Crippen LogP contribution in [0, 0.1) is 20.2 Å². The fourth-order valence-corrected chi connectivity index (χ4v) is 2.24. The topological polar surface area (TPSA) is 125 Å². The molecule has 0 amide bonds. The average Bonchev–Trinajstić information content (AvgIpc) is 2.47. The van der Waals surface area contributed by atoms with Crippen LogP contribution in [0.5, 0.6) is 11.5 Å². The standard InChI is InChI=1S/C12H9N2O7P/c15-13(16)9-5-1-3-7-11(9)20-22(19)21-12-8-4-2-6-10(12)14(17)18/h1-8,19H. The Kier molecular flexibility index (Phi) is 4.82. The summed E-state index contributed by atoms with van der Waals surface area (Å²) in [5, 5.41) is 21.7. The van der Waals surface area contributed by atoms with Gasteiger partial charge in [-0.3, -0.25) is 20.2 Å². The molecule has 2 aromatic rings. The number of nitro groups is 2. The monoisotopic (exact) mass is 324 g/mol. The van der Waals surface area contributed by atoms with E-state index in [2.05, 4.69) is 0 Å². The first-order chi connectivity index (χ1) is 10.5. The van der Waals surface area contributed by atoms with Crippen LogP contribution in [-0.2, 0) is 0 Å². The van der Waals surface area contributed by atoms with Crippen molar-refractivity contribution in [3.8, 4) is 11.5 Å². The third kappa shape index (κ3) is 3.66. The van der Waals surface area contributed by atoms with Crippen molar-refractivity contribution in [3.63, 3.8) is 0 Å². The highest BCUT2D eigenvalue weighted by atomic mass is 31.2. The molecule has 22 heavy (non-hydrogen) atoms. The summed E-state index contributed by atoms with van der Waals surface area (Å²) in [6.07, 6.45) is 0. The van der Waals surface area contributed by atoms with Gasteiger partial charge < -0.3 is 13.9 Å². The van der Waals surface area contributed by atoms with Gasteiger partial charge in [-0.25, -0.2) is 0 Å². The molecule has 0 saturated carbocycles. The van der Waals surface area contributed by atoms with Crippen LogP contribution in [0.25, 0.3) is 0 Å². The van der Waals surface area contributed by atoms with E-state index in [-0.39, 0.29) is 22.9 Å². The van der Waals surface area contributed by atoms with Gasteiger partial charge in [0.25, 0.3) is 0 Å². The third-order valence-electron chi connectivity index (χ3n) is 2.48. The van der Waals surface area contributed by atoms with Gasteiger partial charge in [-0.2, -0.15) is 0 Å². The SMILES string of the molecule is O=[N+]([O-])c1ccccc1OP(O)Oc1ccccc1[N+](=O)[O-]. The largest absolute Gasteiger partial charge is 0.460 e. The first-order valence-corrected chi connectivity index (χ1v) is 6.94. The van der Waals surface area contributed by atoms with Crippen LogP contribution >= 0.6 is 8.60 Å². The second-order valence-corrected chi connectivity index (χ2v) is 4.71. The average molecular weight is 324 g/mol. The molecular weight excluding hydrogens is 315 g/mol. The van der Waals surface area contributed by atoms with Crippen molar-refractivity contribution in [1.82, 2.24) is 0 Å². The van der Waals surface area contributed by atoms with Crippen molar-refractivity contribution in [3.05, 3.63) is 68.8 Å². The van der Waals surface area contributed by atoms with Crippen LogP contribution in [0.1, 0.15) is 0 Å². The Labute approximate surface area is 125 Å². The molecule has 0 unspecified atom stereocenters. The Hall–Kier alpha value is -2.77. The molecule has 0 saturated heterocycles. The van der Waals surface area contributed by atoms with Gasteiger partial charge in [-0.1, -0.05) is 24.3 Å². The Morgan fingerprint density at radius 3 is 1.55 bits per heavy atom. The van der Waals surface area contributed by atoms with Crippen molar-refractivity contribution in [2.75, 3.05) is 0 Å². The van der Waals surface area contributed by atoms with E-state index in [0.29, 0.717) is 0 Å². The van der Waals surface area contributed by atoms with Crippen LogP contribution in [0.2, 0.25) is 0 Å². The molecule has 0 atom stereocenters. The maximum absolute atomic E-state index is 10.8. The fourth-order valence-electron chi connectivity index (χ4n) is 1.56. The molecule has 0 aliphatic carbocycles. The van der Waals surface area contributed by atoms with Crippen molar-refractivity contribution in [1.29, 1.82) is 0 Å². The van der Waals surface area contributed by atoms with Crippen molar-refractivity contribution >= 4 is 20.0 Å². The number of para-hydroxylation sites is 4. The molecule has 0 heterocycles. The lowest BCUT2D eigenvalue weighted by molar-refractivity contribution is -0.385. The van der Waals surface area contributed by atoms with Crippen LogP contribution < -0.4 is 9.05 Å². The van der Waals surface area contributed by atoms with Gasteiger partial charge in [-0.15, -0.1) is 0 Å². The Bertz CT molecular complexity index is 650. The second kappa shape index (κ2) is 6.79. The Morgan fingerprint density at radius 2 is 1.18 bits per heavy atom. The van der Waals surface area contributed by atoms with E-state index in [1.807, 2.05) is 0 Å². The maximum Gasteiger partial charge on any atom is 0.460 e. The Balaban J connectivity index is 2.16. The van der Waals surface area contributed by atoms with Crippen LogP contribution in [0.4, 0.5) is 11.4 Å². The quantitative estimate of drug-likeness (QED) is 0.491. The predicted molar refractivity (Wildman–Crippen MR) is 76.6 cm³/mol. The molecule has 114 valence electrons. The van der Waals surface area contributed by atoms with E-state index in [9.17, 15) is 25.1 Å². The normalized spacial score (nSPS) is 10.3. The molecule has 9 nitrogen and oxygen atoms in total. The lowest BCUT2D eigenvalue weighted by Gasteiger charge is -2.12. The number of nitrogens with zero attached hydrogens (tertiary/aromatic N) is 2. The van der Waals surface area contributed by atoms with E-state index >= 15 is 0 Å². The summed E-state index contributed by atoms with van der Waals surface area (Å²) in [7, 11) is -2.62. The van der Waals surface area contributed by atoms with Gasteiger partial charge in [-0.05, 0) is 12.1 Å². The zero-order valence-corrected chi connectivity index (χ0v) is 11.8. The molecule has 0 spiro atoms. The first-order valence-electron chi connectivity index (χ1n) is 5.81. The van der Waals surface area contributed by atoms with Gasteiger partial charge in [0, 0.05) is 12.1 Å². The molecule has 0 aromatic heterocycles. The predicted octanol–water partition coefficient (Wildman–Crippen LogP) is 3.18. The number of rotatable bonds is 6. The Morgan fingerprint density at radius 1 is 0.818 bits per heavy atom. The van der Waals surface area contributed by atoms with Crippen molar-refractivity contribution in [2.45, 2.75) is 0 Å². The molecule has 0 aliphatic rings. The molecule has 0 bridgehead atoms. The molecule has 10 heteroatoms. The summed E-state index contributed by atoms with van der Waals surface area (Å²) < 4.78 is 9.96. The van der Waals surface area contributed by atoms with Gasteiger partial charge >= 0.3 is 20.0 Å². The van der Waals surface area contributed by atoms with Crippen molar-refractivity contribution < 1.29 is 23.8 Å². The minimum atomic E-state index is -2.62. The molecule has 2 rings (SSSR count). The molecule has 1 N–H and O–H groups in total. The van der Waals surface area contributed by atoms with Gasteiger partial charge in [0.05, 0.1) is 9.85 Å². The zero-order chi connectivity index (χ0) is 16.1. The summed E-state index contributed by atoms with van der Waals surface area (Å²) in [4.78, 5) is 30.0. The van der Waals surface area contributed by atoms with Gasteiger partial charge in [0.15, 0.2) is 0 Å². The number of hydrogen-bond acceptors (Lipinski definition) is 7. The molecule has 0 fully saturated rings. The second-order valence-electron chi connectivity index (χ2n) is 3.87. The fraction of sp³-hybridized carbons (Fsp3) is 0. The first kappa shape index (κ1) is 15.6. The number of nitro benzene ring substituents is 2. The van der Waals surface area contributed by atoms with E-state index in [1.165, 1.54) is 48.5 Å². The summed E-state index contributed by atoms with van der Waals surface area (Å²) in [6, 6.07) is 10.8.